The van der Waals surface area contributed by atoms with Crippen LogP contribution in [0.15, 0.2) is 24.3 Å². The van der Waals surface area contributed by atoms with Crippen molar-refractivity contribution in [3.63, 3.8) is 0 Å². The first-order chi connectivity index (χ1) is 6.31. The van der Waals surface area contributed by atoms with Crippen molar-refractivity contribution >= 4 is 17.2 Å². The molecule has 0 radical (unpaired) electrons. The summed E-state index contributed by atoms with van der Waals surface area (Å²) in [4.78, 5) is 0. The maximum atomic E-state index is 5.84. The molecule has 0 spiro atoms. The molecule has 0 fully saturated rings. The topological polar surface area (TPSA) is 9.23 Å². The molecule has 0 N–H and O–H groups in total. The van der Waals surface area contributed by atoms with E-state index in [9.17, 15) is 0 Å². The van der Waals surface area contributed by atoms with Gasteiger partial charge in [0.15, 0.2) is 0 Å². The Labute approximate surface area is 83.0 Å². The number of allylic oxidation sites excluding steroid dienone is 1. The van der Waals surface area contributed by atoms with Gasteiger partial charge in [0.25, 0.3) is 0 Å². The molecule has 0 unspecified atom stereocenters. The minimum Gasteiger partial charge on any atom is -0.489 e. The van der Waals surface area contributed by atoms with Crippen molar-refractivity contribution in [1.29, 1.82) is 0 Å². The number of fused-ring (bicyclic) bond motifs is 1. The summed E-state index contributed by atoms with van der Waals surface area (Å²) in [6.45, 7) is 2.71. The van der Waals surface area contributed by atoms with E-state index in [4.69, 9.17) is 16.3 Å². The van der Waals surface area contributed by atoms with E-state index in [1.807, 2.05) is 12.1 Å². The molecule has 0 atom stereocenters. The fraction of sp³-hybridized carbons (Fsp3) is 0.273. The van der Waals surface area contributed by atoms with E-state index in [-0.39, 0.29) is 0 Å². The summed E-state index contributed by atoms with van der Waals surface area (Å²) >= 11 is 5.84. The number of rotatable bonds is 1. The largest absolute Gasteiger partial charge is 0.489 e. The highest BCUT2D eigenvalue weighted by atomic mass is 35.5. The average Bonchev–Trinajstić information content (AvgIpc) is 2.17. The van der Waals surface area contributed by atoms with Gasteiger partial charge in [0, 0.05) is 11.4 Å². The highest BCUT2D eigenvalue weighted by Crippen LogP contribution is 2.30. The van der Waals surface area contributed by atoms with Crippen molar-refractivity contribution in [3.05, 3.63) is 35.4 Å². The third-order valence-corrected chi connectivity index (χ3v) is 2.48. The van der Waals surface area contributed by atoms with Crippen LogP contribution in [0.25, 0.3) is 5.57 Å². The van der Waals surface area contributed by atoms with Crippen LogP contribution in [0.1, 0.15) is 11.1 Å². The fourth-order valence-electron chi connectivity index (χ4n) is 1.49. The Morgan fingerprint density at radius 3 is 3.08 bits per heavy atom. The molecule has 0 amide bonds. The maximum absolute atomic E-state index is 5.84. The molecule has 0 aliphatic carbocycles. The zero-order chi connectivity index (χ0) is 9.26. The number of ether oxygens (including phenoxy) is 1. The fourth-order valence-corrected chi connectivity index (χ4v) is 1.74. The van der Waals surface area contributed by atoms with Crippen molar-refractivity contribution in [2.75, 3.05) is 12.5 Å². The van der Waals surface area contributed by atoms with E-state index in [1.165, 1.54) is 11.1 Å². The smallest absolute Gasteiger partial charge is 0.127 e. The normalized spacial score (nSPS) is 14.5. The number of alkyl halides is 1. The summed E-state index contributed by atoms with van der Waals surface area (Å²) in [7, 11) is 0. The molecule has 1 heterocycles. The van der Waals surface area contributed by atoms with Crippen molar-refractivity contribution in [3.8, 4) is 5.75 Å². The van der Waals surface area contributed by atoms with Gasteiger partial charge in [-0.3, -0.25) is 0 Å². The van der Waals surface area contributed by atoms with Gasteiger partial charge in [-0.25, -0.2) is 0 Å². The second-order valence-electron chi connectivity index (χ2n) is 3.17. The standard InChI is InChI=1S/C11H11ClO/c1-8-2-3-11-10(6-8)9(7-12)4-5-13-11/h2-4,6H,5,7H2,1H3. The Hall–Kier alpha value is -0.950. The molecule has 0 saturated heterocycles. The lowest BCUT2D eigenvalue weighted by atomic mass is 10.0. The van der Waals surface area contributed by atoms with Crippen molar-refractivity contribution < 1.29 is 4.74 Å². The Morgan fingerprint density at radius 2 is 2.31 bits per heavy atom. The minimum absolute atomic E-state index is 0.555. The van der Waals surface area contributed by atoms with Crippen LogP contribution in [0, 0.1) is 6.92 Å². The van der Waals surface area contributed by atoms with Crippen LogP contribution in [0.5, 0.6) is 5.75 Å². The summed E-state index contributed by atoms with van der Waals surface area (Å²) < 4.78 is 5.48. The van der Waals surface area contributed by atoms with Gasteiger partial charge >= 0.3 is 0 Å². The lowest BCUT2D eigenvalue weighted by Gasteiger charge is -2.17. The SMILES string of the molecule is Cc1ccc2c(c1)C(CCl)=CCO2. The van der Waals surface area contributed by atoms with Gasteiger partial charge in [0.1, 0.15) is 12.4 Å². The second kappa shape index (κ2) is 3.43. The molecule has 13 heavy (non-hydrogen) atoms. The Morgan fingerprint density at radius 1 is 1.46 bits per heavy atom. The quantitative estimate of drug-likeness (QED) is 0.625. The third kappa shape index (κ3) is 1.56. The van der Waals surface area contributed by atoms with E-state index in [1.54, 1.807) is 0 Å². The monoisotopic (exact) mass is 194 g/mol. The van der Waals surface area contributed by atoms with E-state index in [0.29, 0.717) is 12.5 Å². The molecule has 1 aromatic carbocycles. The molecule has 68 valence electrons. The molecule has 1 aromatic rings. The molecule has 2 rings (SSSR count). The van der Waals surface area contributed by atoms with Gasteiger partial charge in [0.05, 0.1) is 0 Å². The van der Waals surface area contributed by atoms with Crippen molar-refractivity contribution in [1.82, 2.24) is 0 Å². The maximum Gasteiger partial charge on any atom is 0.127 e. The molecule has 0 bridgehead atoms. The van der Waals surface area contributed by atoms with Crippen LogP contribution in [-0.4, -0.2) is 12.5 Å². The summed E-state index contributed by atoms with van der Waals surface area (Å²) in [6.07, 6.45) is 2.04. The van der Waals surface area contributed by atoms with E-state index < -0.39 is 0 Å². The van der Waals surface area contributed by atoms with Crippen molar-refractivity contribution in [2.45, 2.75) is 6.92 Å². The number of hydrogen-bond donors (Lipinski definition) is 0. The third-order valence-electron chi connectivity index (χ3n) is 2.19. The number of hydrogen-bond acceptors (Lipinski definition) is 1. The van der Waals surface area contributed by atoms with Gasteiger partial charge in [0.2, 0.25) is 0 Å². The lowest BCUT2D eigenvalue weighted by Crippen LogP contribution is -2.05. The first-order valence-electron chi connectivity index (χ1n) is 4.30. The Balaban J connectivity index is 2.51. The first kappa shape index (κ1) is 8.64. The van der Waals surface area contributed by atoms with Gasteiger partial charge in [-0.1, -0.05) is 11.6 Å². The van der Waals surface area contributed by atoms with Crippen LogP contribution in [-0.2, 0) is 0 Å². The highest BCUT2D eigenvalue weighted by Gasteiger charge is 2.12. The number of benzene rings is 1. The van der Waals surface area contributed by atoms with Gasteiger partial charge in [-0.05, 0) is 30.7 Å². The van der Waals surface area contributed by atoms with Crippen molar-refractivity contribution in [2.24, 2.45) is 0 Å². The van der Waals surface area contributed by atoms with E-state index in [2.05, 4.69) is 19.1 Å². The number of halogens is 1. The molecule has 2 heteroatoms. The molecule has 0 aromatic heterocycles. The van der Waals surface area contributed by atoms with Crippen LogP contribution >= 0.6 is 11.6 Å². The predicted octanol–water partition coefficient (Wildman–Crippen LogP) is 3.01. The van der Waals surface area contributed by atoms with Crippen LogP contribution in [0.3, 0.4) is 0 Å². The zero-order valence-corrected chi connectivity index (χ0v) is 8.27. The predicted molar refractivity (Wildman–Crippen MR) is 55.4 cm³/mol. The zero-order valence-electron chi connectivity index (χ0n) is 7.51. The minimum atomic E-state index is 0.555. The van der Waals surface area contributed by atoms with E-state index in [0.717, 1.165) is 11.3 Å². The summed E-state index contributed by atoms with van der Waals surface area (Å²) in [5.74, 6) is 1.50. The summed E-state index contributed by atoms with van der Waals surface area (Å²) in [5.41, 5.74) is 3.55. The second-order valence-corrected chi connectivity index (χ2v) is 3.44. The molecule has 0 saturated carbocycles. The Bertz CT molecular complexity index is 355. The molecular weight excluding hydrogens is 184 g/mol. The summed E-state index contributed by atoms with van der Waals surface area (Å²) in [6, 6.07) is 6.17. The highest BCUT2D eigenvalue weighted by molar-refractivity contribution is 6.23. The van der Waals surface area contributed by atoms with Gasteiger partial charge < -0.3 is 4.74 Å². The summed E-state index contributed by atoms with van der Waals surface area (Å²) in [5, 5.41) is 0. The lowest BCUT2D eigenvalue weighted by molar-refractivity contribution is 0.357. The average molecular weight is 195 g/mol. The van der Waals surface area contributed by atoms with Gasteiger partial charge in [-0.15, -0.1) is 11.6 Å². The molecule has 1 aliphatic rings. The number of aryl methyl sites for hydroxylation is 1. The molecule has 1 aliphatic heterocycles. The van der Waals surface area contributed by atoms with Crippen LogP contribution in [0.4, 0.5) is 0 Å². The Kier molecular flexibility index (Phi) is 2.28. The van der Waals surface area contributed by atoms with Crippen LogP contribution in [0.2, 0.25) is 0 Å². The molecule has 1 nitrogen and oxygen atoms in total. The first-order valence-corrected chi connectivity index (χ1v) is 4.83. The van der Waals surface area contributed by atoms with E-state index >= 15 is 0 Å². The van der Waals surface area contributed by atoms with Gasteiger partial charge in [-0.2, -0.15) is 0 Å². The molecular formula is C11H11ClO. The van der Waals surface area contributed by atoms with Crippen LogP contribution < -0.4 is 4.74 Å².